The van der Waals surface area contributed by atoms with E-state index < -0.39 is 58.7 Å². The summed E-state index contributed by atoms with van der Waals surface area (Å²) in [7, 11) is 0. The molecule has 95 heavy (non-hydrogen) atoms. The fourth-order valence-corrected chi connectivity index (χ4v) is 13.0. The van der Waals surface area contributed by atoms with Crippen molar-refractivity contribution in [3.05, 3.63) is 261 Å². The van der Waals surface area contributed by atoms with Crippen molar-refractivity contribution in [2.24, 2.45) is 0 Å². The van der Waals surface area contributed by atoms with E-state index in [2.05, 4.69) is 6.07 Å². The number of hydrogen-bond donors (Lipinski definition) is 0. The number of aromatic nitrogens is 2. The molecule has 0 N–H and O–H groups in total. The first-order valence-electron chi connectivity index (χ1n) is 29.5. The van der Waals surface area contributed by atoms with E-state index in [1.165, 1.54) is 40.7 Å². The molecule has 0 unspecified atom stereocenters. The molecule has 2 heterocycles. The Morgan fingerprint density at radius 2 is 0.589 bits per heavy atom. The predicted octanol–water partition coefficient (Wildman–Crippen LogP) is 24.4. The first-order valence-corrected chi connectivity index (χ1v) is 29.5. The van der Waals surface area contributed by atoms with Crippen molar-refractivity contribution in [1.29, 1.82) is 5.26 Å². The summed E-state index contributed by atoms with van der Waals surface area (Å²) in [6.45, 7) is 7.62. The van der Waals surface area contributed by atoms with E-state index in [-0.39, 0.29) is 33.4 Å². The summed E-state index contributed by atoms with van der Waals surface area (Å²) in [5.74, 6) is 0. The molecule has 0 aliphatic heterocycles. The van der Waals surface area contributed by atoms with Crippen molar-refractivity contribution in [2.45, 2.75) is 65.5 Å². The van der Waals surface area contributed by atoms with Gasteiger partial charge in [0.2, 0.25) is 0 Å². The Morgan fingerprint density at radius 1 is 0.263 bits per heavy atom. The molecule has 18 heteroatoms. The number of fused-ring (bicyclic) bond motifs is 6. The number of nitriles is 1. The first-order chi connectivity index (χ1) is 44.7. The highest BCUT2D eigenvalue weighted by molar-refractivity contribution is 6.14. The normalized spacial score (nSPS) is 12.6. The lowest BCUT2D eigenvalue weighted by atomic mass is 9.92. The summed E-state index contributed by atoms with van der Waals surface area (Å²) in [5.41, 5.74) is 3.35. The molecule has 0 bridgehead atoms. The number of rotatable bonds is 8. The van der Waals surface area contributed by atoms with Gasteiger partial charge in [0, 0.05) is 32.7 Å². The number of hydrogen-bond acceptors (Lipinski definition) is 1. The maximum absolute atomic E-state index is 14.4. The quantitative estimate of drug-likeness (QED) is 0.140. The Morgan fingerprint density at radius 3 is 0.916 bits per heavy atom. The van der Waals surface area contributed by atoms with Crippen LogP contribution in [0, 0.1) is 45.9 Å². The molecular weight excluding hydrogens is 1250 g/mol. The molecule has 11 aromatic carbocycles. The molecule has 0 saturated heterocycles. The monoisotopic (exact) mass is 1300 g/mol. The minimum absolute atomic E-state index is 0.133. The largest absolute Gasteiger partial charge is 0.416 e. The lowest BCUT2D eigenvalue weighted by Crippen LogP contribution is -2.05. The molecule has 0 aliphatic carbocycles. The molecule has 13 aromatic rings. The van der Waals surface area contributed by atoms with Gasteiger partial charge in [-0.15, -0.1) is 0 Å². The molecule has 13 rings (SSSR count). The summed E-state index contributed by atoms with van der Waals surface area (Å²) >= 11 is 0. The van der Waals surface area contributed by atoms with E-state index in [4.69, 9.17) is 0 Å². The number of halogens is 15. The van der Waals surface area contributed by atoms with Crippen LogP contribution in [0.25, 0.3) is 122 Å². The maximum atomic E-state index is 14.4. The number of aryl methyl sites for hydroxylation is 5. The maximum Gasteiger partial charge on any atom is 0.416 e. The van der Waals surface area contributed by atoms with Crippen LogP contribution in [0.1, 0.15) is 61.2 Å². The van der Waals surface area contributed by atoms with Crippen molar-refractivity contribution < 1.29 is 65.9 Å². The second kappa shape index (κ2) is 22.6. The molecular formula is C77H48F15N3. The number of alkyl halides is 15. The molecule has 0 radical (unpaired) electrons. The van der Waals surface area contributed by atoms with Gasteiger partial charge in [0.05, 0.1) is 72.9 Å². The average molecular weight is 1300 g/mol. The molecule has 0 saturated carbocycles. The van der Waals surface area contributed by atoms with Gasteiger partial charge in [-0.05, 0) is 252 Å². The van der Waals surface area contributed by atoms with Gasteiger partial charge in [-0.3, -0.25) is 0 Å². The van der Waals surface area contributed by atoms with Gasteiger partial charge in [0.1, 0.15) is 0 Å². The van der Waals surface area contributed by atoms with E-state index in [0.29, 0.717) is 122 Å². The molecule has 476 valence electrons. The molecule has 0 atom stereocenters. The highest BCUT2D eigenvalue weighted by Gasteiger charge is 2.36. The Kier molecular flexibility index (Phi) is 15.0. The average Bonchev–Trinajstić information content (AvgIpc) is 1.59. The van der Waals surface area contributed by atoms with Crippen molar-refractivity contribution in [3.63, 3.8) is 0 Å². The van der Waals surface area contributed by atoms with Gasteiger partial charge in [0.25, 0.3) is 0 Å². The van der Waals surface area contributed by atoms with Crippen LogP contribution in [0.5, 0.6) is 0 Å². The SMILES string of the molecule is Cc1cc(-c2ccc3c(c2)c2cc(-c4cc(C)cc(C(F)(F)F)c4)ccc2n3-c2ccc(-c3ccc(C(F)(F)F)cc3C)cc2-c2ccc(C#N)cc2-n2c3ccc(-c4cc(C)cc(C(F)(F)F)c4)cc3c3cc(-c4cc(C)cc(C(F)(F)F)c4)ccc32)cc(C(F)(F)F)c1. The molecule has 2 aromatic heterocycles. The van der Waals surface area contributed by atoms with Gasteiger partial charge in [0.15, 0.2) is 0 Å². The Labute approximate surface area is 532 Å². The first kappa shape index (κ1) is 63.2. The zero-order chi connectivity index (χ0) is 67.7. The van der Waals surface area contributed by atoms with Crippen LogP contribution in [0.3, 0.4) is 0 Å². The topological polar surface area (TPSA) is 33.6 Å². The number of nitrogens with zero attached hydrogens (tertiary/aromatic N) is 3. The van der Waals surface area contributed by atoms with E-state index in [1.54, 1.807) is 133 Å². The second-order valence-electron chi connectivity index (χ2n) is 24.0. The van der Waals surface area contributed by atoms with Crippen LogP contribution in [0.15, 0.2) is 200 Å². The highest BCUT2D eigenvalue weighted by atomic mass is 19.4. The standard InChI is InChI=1S/C77H48F15N3/c1-40-20-51(30-56(24-40)74(81,82)83)46-7-15-68-63(34-46)64-35-47(52-21-41(2)25-57(31-52)75(84,85)86)8-16-69(64)94(68)67-19-11-50(60-14-12-55(28-44(60)5)73(78,79)80)38-62(67)61-13-6-45(39-93)29-72(61)95-70-17-9-48(53-22-42(3)26-58(32-53)76(87,88)89)36-65(70)66-37-49(10-18-71(66)95)54-23-43(4)27-59(33-54)77(90,91)92/h6-38H,1-5H3. The zero-order valence-electron chi connectivity index (χ0n) is 50.6. The third-order valence-electron chi connectivity index (χ3n) is 17.2. The lowest BCUT2D eigenvalue weighted by Gasteiger charge is -2.21. The van der Waals surface area contributed by atoms with E-state index in [0.717, 1.165) is 60.7 Å². The van der Waals surface area contributed by atoms with E-state index in [1.807, 2.05) is 9.13 Å². The van der Waals surface area contributed by atoms with Crippen LogP contribution >= 0.6 is 0 Å². The third kappa shape index (κ3) is 11.8. The summed E-state index contributed by atoms with van der Waals surface area (Å²) in [5, 5.41) is 12.5. The fraction of sp³-hybridized carbons (Fsp3) is 0.130. The van der Waals surface area contributed by atoms with Crippen LogP contribution in [0.2, 0.25) is 0 Å². The fourth-order valence-electron chi connectivity index (χ4n) is 13.0. The van der Waals surface area contributed by atoms with E-state index in [9.17, 15) is 71.1 Å². The van der Waals surface area contributed by atoms with Gasteiger partial charge in [-0.2, -0.15) is 71.1 Å². The Hall–Kier alpha value is -10.5. The van der Waals surface area contributed by atoms with Crippen molar-refractivity contribution in [3.8, 4) is 84.2 Å². The summed E-state index contributed by atoms with van der Waals surface area (Å²) in [6.07, 6.45) is -23.6. The Bertz CT molecular complexity index is 5130. The third-order valence-corrected chi connectivity index (χ3v) is 17.2. The summed E-state index contributed by atoms with van der Waals surface area (Å²) in [6, 6.07) is 50.0. The van der Waals surface area contributed by atoms with Crippen LogP contribution < -0.4 is 0 Å². The smallest absolute Gasteiger partial charge is 0.309 e. The van der Waals surface area contributed by atoms with Crippen molar-refractivity contribution in [2.75, 3.05) is 0 Å². The second-order valence-corrected chi connectivity index (χ2v) is 24.0. The van der Waals surface area contributed by atoms with Gasteiger partial charge < -0.3 is 9.13 Å². The molecule has 0 fully saturated rings. The summed E-state index contributed by atoms with van der Waals surface area (Å²) in [4.78, 5) is 0. The van der Waals surface area contributed by atoms with Crippen LogP contribution in [0.4, 0.5) is 65.9 Å². The number of benzene rings is 11. The molecule has 3 nitrogen and oxygen atoms in total. The van der Waals surface area contributed by atoms with Crippen LogP contribution in [-0.4, -0.2) is 9.13 Å². The molecule has 0 aliphatic rings. The molecule has 0 spiro atoms. The Balaban J connectivity index is 1.12. The predicted molar refractivity (Wildman–Crippen MR) is 341 cm³/mol. The van der Waals surface area contributed by atoms with Gasteiger partial charge in [-0.1, -0.05) is 66.7 Å². The van der Waals surface area contributed by atoms with Gasteiger partial charge >= 0.3 is 30.9 Å². The highest BCUT2D eigenvalue weighted by Crippen LogP contribution is 2.48. The lowest BCUT2D eigenvalue weighted by molar-refractivity contribution is -0.138. The minimum atomic E-state index is -4.72. The minimum Gasteiger partial charge on any atom is -0.309 e. The zero-order valence-corrected chi connectivity index (χ0v) is 50.6. The molecule has 0 amide bonds. The summed E-state index contributed by atoms with van der Waals surface area (Å²) < 4.78 is 220. The van der Waals surface area contributed by atoms with Crippen molar-refractivity contribution in [1.82, 2.24) is 9.13 Å². The van der Waals surface area contributed by atoms with Crippen molar-refractivity contribution >= 4 is 43.6 Å². The van der Waals surface area contributed by atoms with E-state index >= 15 is 0 Å². The van der Waals surface area contributed by atoms with Crippen LogP contribution in [-0.2, 0) is 30.9 Å². The van der Waals surface area contributed by atoms with Gasteiger partial charge in [-0.25, -0.2) is 0 Å².